The number of ether oxygens (including phenoxy) is 2. The number of alkyl carbamates (subject to hydrolysis) is 1. The first-order chi connectivity index (χ1) is 22.9. The standard InChI is InChI=1S/C33H33F2N5O8/c1-38(2)28(41)12-5-4-9-25(37-32(44)47-3)30(42)36-26-10-7-15-39(31(26)43)18-23-16-20-8-6-11-27(29(20)40(23)33(45)46)48-19-21-13-14-22(34)17-24(21)35/h5-8,10-17,25H,4,9,18-19H2,1-3H3,(H,36,42)(H,37,44)(H,45,46)/b12-5+/t25-/m0/s1. The van der Waals surface area contributed by atoms with Crippen LogP contribution < -0.4 is 20.9 Å². The Kier molecular flexibility index (Phi) is 11.3. The predicted octanol–water partition coefficient (Wildman–Crippen LogP) is 4.32. The van der Waals surface area contributed by atoms with Gasteiger partial charge in [0.2, 0.25) is 11.8 Å². The van der Waals surface area contributed by atoms with E-state index in [1.54, 1.807) is 38.4 Å². The number of nitrogens with zero attached hydrogens (tertiary/aromatic N) is 3. The second-order valence-electron chi connectivity index (χ2n) is 10.7. The van der Waals surface area contributed by atoms with Gasteiger partial charge in [0.1, 0.15) is 41.2 Å². The van der Waals surface area contributed by atoms with Crippen molar-refractivity contribution in [2.45, 2.75) is 32.0 Å². The van der Waals surface area contributed by atoms with Gasteiger partial charge < -0.3 is 34.7 Å². The maximum atomic E-state index is 14.2. The molecule has 0 unspecified atom stereocenters. The molecule has 0 aliphatic carbocycles. The van der Waals surface area contributed by atoms with E-state index in [4.69, 9.17) is 4.74 Å². The van der Waals surface area contributed by atoms with E-state index in [-0.39, 0.29) is 60.1 Å². The van der Waals surface area contributed by atoms with E-state index < -0.39 is 41.3 Å². The number of carbonyl (C=O) groups excluding carboxylic acids is 3. The molecule has 2 aromatic carbocycles. The third kappa shape index (κ3) is 8.43. The normalized spacial score (nSPS) is 11.7. The number of aromatic nitrogens is 2. The number of allylic oxidation sites excluding steroid dienone is 1. The van der Waals surface area contributed by atoms with Crippen molar-refractivity contribution in [3.05, 3.63) is 106 Å². The summed E-state index contributed by atoms with van der Waals surface area (Å²) in [6.07, 6.45) is 2.37. The summed E-state index contributed by atoms with van der Waals surface area (Å²) in [4.78, 5) is 64.1. The fourth-order valence-corrected chi connectivity index (χ4v) is 4.75. The highest BCUT2D eigenvalue weighted by Crippen LogP contribution is 2.30. The molecule has 0 fully saturated rings. The van der Waals surface area contributed by atoms with E-state index >= 15 is 0 Å². The Bertz CT molecular complexity index is 1930. The number of likely N-dealkylation sites (N-methyl/N-ethyl adjacent to an activating group) is 1. The van der Waals surface area contributed by atoms with E-state index in [9.17, 15) is 37.9 Å². The van der Waals surface area contributed by atoms with E-state index in [2.05, 4.69) is 15.4 Å². The van der Waals surface area contributed by atoms with Crippen LogP contribution in [0.25, 0.3) is 10.9 Å². The van der Waals surface area contributed by atoms with E-state index in [1.807, 2.05) is 0 Å². The van der Waals surface area contributed by atoms with Crippen LogP contribution in [-0.4, -0.2) is 70.4 Å². The van der Waals surface area contributed by atoms with E-state index in [0.29, 0.717) is 5.39 Å². The van der Waals surface area contributed by atoms with Crippen LogP contribution in [0.1, 0.15) is 24.1 Å². The number of pyridine rings is 1. The lowest BCUT2D eigenvalue weighted by molar-refractivity contribution is -0.123. The van der Waals surface area contributed by atoms with Crippen LogP contribution in [0.3, 0.4) is 0 Å². The molecular formula is C33H33F2N5O8. The van der Waals surface area contributed by atoms with Gasteiger partial charge in [0.25, 0.3) is 5.56 Å². The molecule has 15 heteroatoms. The van der Waals surface area contributed by atoms with Crippen LogP contribution >= 0.6 is 0 Å². The van der Waals surface area contributed by atoms with E-state index in [1.165, 1.54) is 46.0 Å². The Morgan fingerprint density at radius 1 is 1.06 bits per heavy atom. The van der Waals surface area contributed by atoms with Crippen LogP contribution in [0.2, 0.25) is 0 Å². The van der Waals surface area contributed by atoms with Crippen LogP contribution in [0, 0.1) is 11.6 Å². The second kappa shape index (κ2) is 15.5. The fourth-order valence-electron chi connectivity index (χ4n) is 4.75. The molecule has 2 aromatic heterocycles. The monoisotopic (exact) mass is 665 g/mol. The molecule has 3 N–H and O–H groups in total. The molecule has 4 aromatic rings. The highest BCUT2D eigenvalue weighted by atomic mass is 19.1. The summed E-state index contributed by atoms with van der Waals surface area (Å²) in [5.74, 6) is -2.43. The number of rotatable bonds is 12. The minimum atomic E-state index is -1.38. The first kappa shape index (κ1) is 34.9. The van der Waals surface area contributed by atoms with Crippen LogP contribution in [0.4, 0.5) is 24.1 Å². The summed E-state index contributed by atoms with van der Waals surface area (Å²) >= 11 is 0. The molecule has 0 radical (unpaired) electrons. The van der Waals surface area contributed by atoms with Gasteiger partial charge in [-0.1, -0.05) is 18.2 Å². The minimum absolute atomic E-state index is 0.0624. The molecule has 2 heterocycles. The average Bonchev–Trinajstić information content (AvgIpc) is 3.42. The zero-order valence-corrected chi connectivity index (χ0v) is 26.2. The molecular weight excluding hydrogens is 632 g/mol. The van der Waals surface area contributed by atoms with Crippen LogP contribution in [0.5, 0.6) is 5.75 Å². The van der Waals surface area contributed by atoms with Crippen molar-refractivity contribution in [3.8, 4) is 5.75 Å². The number of hydrogen-bond donors (Lipinski definition) is 3. The maximum Gasteiger partial charge on any atom is 0.416 e. The van der Waals surface area contributed by atoms with Crippen LogP contribution in [-0.2, 0) is 27.5 Å². The number of methoxy groups -OCH3 is 1. The average molecular weight is 666 g/mol. The summed E-state index contributed by atoms with van der Waals surface area (Å²) in [5.41, 5.74) is -0.410. The number of amides is 3. The lowest BCUT2D eigenvalue weighted by Gasteiger charge is -2.17. The van der Waals surface area contributed by atoms with Crippen molar-refractivity contribution in [2.24, 2.45) is 0 Å². The van der Waals surface area contributed by atoms with Crippen molar-refractivity contribution >= 4 is 40.6 Å². The Morgan fingerprint density at radius 3 is 2.52 bits per heavy atom. The van der Waals surface area contributed by atoms with Crippen molar-refractivity contribution in [2.75, 3.05) is 26.5 Å². The second-order valence-corrected chi connectivity index (χ2v) is 10.7. The van der Waals surface area contributed by atoms with Crippen molar-refractivity contribution in [3.63, 3.8) is 0 Å². The van der Waals surface area contributed by atoms with Crippen molar-refractivity contribution in [1.82, 2.24) is 19.4 Å². The lowest BCUT2D eigenvalue weighted by atomic mass is 10.1. The molecule has 0 spiro atoms. The molecule has 0 saturated heterocycles. The maximum absolute atomic E-state index is 14.2. The molecule has 1 atom stereocenters. The summed E-state index contributed by atoms with van der Waals surface area (Å²) < 4.78 is 40.0. The Hall–Kier alpha value is -5.99. The molecule has 252 valence electrons. The SMILES string of the molecule is COC(=O)N[C@@H](CC/C=C/C(=O)N(C)C)C(=O)Nc1cccn(Cc2cc3cccc(OCc4ccc(F)cc4F)c3n2C(=O)O)c1=O. The van der Waals surface area contributed by atoms with Crippen molar-refractivity contribution < 1.29 is 42.5 Å². The Balaban J connectivity index is 1.57. The zero-order chi connectivity index (χ0) is 35.0. The summed E-state index contributed by atoms with van der Waals surface area (Å²) in [6.45, 7) is -0.535. The summed E-state index contributed by atoms with van der Waals surface area (Å²) in [6, 6.07) is 11.1. The molecule has 0 bridgehead atoms. The van der Waals surface area contributed by atoms with Gasteiger partial charge in [-0.2, -0.15) is 0 Å². The topological polar surface area (TPSA) is 161 Å². The first-order valence-electron chi connectivity index (χ1n) is 14.6. The summed E-state index contributed by atoms with van der Waals surface area (Å²) in [7, 11) is 4.30. The lowest BCUT2D eigenvalue weighted by Crippen LogP contribution is -2.44. The number of para-hydroxylation sites is 1. The van der Waals surface area contributed by atoms with Gasteiger partial charge in [-0.15, -0.1) is 0 Å². The molecule has 0 aliphatic heterocycles. The third-order valence-electron chi connectivity index (χ3n) is 7.18. The van der Waals surface area contributed by atoms with Gasteiger partial charge in [-0.3, -0.25) is 14.4 Å². The largest absolute Gasteiger partial charge is 0.487 e. The Morgan fingerprint density at radius 2 is 1.83 bits per heavy atom. The molecule has 0 aliphatic rings. The zero-order valence-electron chi connectivity index (χ0n) is 26.2. The highest BCUT2D eigenvalue weighted by Gasteiger charge is 2.23. The number of fused-ring (bicyclic) bond motifs is 1. The highest BCUT2D eigenvalue weighted by molar-refractivity contribution is 5.96. The van der Waals surface area contributed by atoms with Crippen molar-refractivity contribution in [1.29, 1.82) is 0 Å². The van der Waals surface area contributed by atoms with Gasteiger partial charge in [0.15, 0.2) is 0 Å². The number of anilines is 1. The Labute approximate surface area is 273 Å². The molecule has 48 heavy (non-hydrogen) atoms. The summed E-state index contributed by atoms with van der Waals surface area (Å²) in [5, 5.41) is 15.5. The first-order valence-corrected chi connectivity index (χ1v) is 14.6. The van der Waals surface area contributed by atoms with Gasteiger partial charge in [-0.05, 0) is 55.3 Å². The predicted molar refractivity (Wildman–Crippen MR) is 171 cm³/mol. The van der Waals surface area contributed by atoms with E-state index in [0.717, 1.165) is 23.8 Å². The number of hydrogen-bond acceptors (Lipinski definition) is 7. The smallest absolute Gasteiger partial charge is 0.416 e. The van der Waals surface area contributed by atoms with Gasteiger partial charge >= 0.3 is 12.2 Å². The van der Waals surface area contributed by atoms with Crippen LogP contribution in [0.15, 0.2) is 77.7 Å². The molecule has 0 saturated carbocycles. The number of halogens is 2. The molecule has 4 rings (SSSR count). The number of benzene rings is 2. The van der Waals surface area contributed by atoms with Gasteiger partial charge in [0.05, 0.1) is 19.3 Å². The van der Waals surface area contributed by atoms with Gasteiger partial charge in [0, 0.05) is 37.3 Å². The molecule has 13 nitrogen and oxygen atoms in total. The third-order valence-corrected chi connectivity index (χ3v) is 7.18. The fraction of sp³-hybridized carbons (Fsp3) is 0.242. The minimum Gasteiger partial charge on any atom is -0.487 e. The van der Waals surface area contributed by atoms with Gasteiger partial charge in [-0.25, -0.2) is 22.9 Å². The number of nitrogens with one attached hydrogen (secondary N) is 2. The molecule has 3 amide bonds. The number of carbonyl (C=O) groups is 4. The quantitative estimate of drug-likeness (QED) is 0.189. The number of carboxylic acid groups (broad SMARTS) is 1.